The Morgan fingerprint density at radius 1 is 1.50 bits per heavy atom. The lowest BCUT2D eigenvalue weighted by atomic mass is 10.3. The van der Waals surface area contributed by atoms with Crippen molar-refractivity contribution >= 4 is 0 Å². The monoisotopic (exact) mass is 190 g/mol. The number of rotatable bonds is 5. The second-order valence-corrected chi connectivity index (χ2v) is 2.86. The minimum Gasteiger partial charge on any atom is -0.478 e. The maximum Gasteiger partial charge on any atom is 0.213 e. The first-order valence-electron chi connectivity index (χ1n) is 4.58. The molecule has 0 spiro atoms. The highest BCUT2D eigenvalue weighted by Crippen LogP contribution is 2.07. The van der Waals surface area contributed by atoms with Crippen molar-refractivity contribution in [2.24, 2.45) is 5.73 Å². The van der Waals surface area contributed by atoms with E-state index < -0.39 is 0 Å². The third-order valence-corrected chi connectivity index (χ3v) is 1.75. The Morgan fingerprint density at radius 3 is 2.93 bits per heavy atom. The second-order valence-electron chi connectivity index (χ2n) is 2.86. The van der Waals surface area contributed by atoms with Crippen molar-refractivity contribution in [1.29, 1.82) is 0 Å². The first-order valence-corrected chi connectivity index (χ1v) is 4.58. The highest BCUT2D eigenvalue weighted by atomic mass is 16.5. The molecular formula is C11H14N2O. The molecule has 74 valence electrons. The first kappa shape index (κ1) is 10.6. The van der Waals surface area contributed by atoms with E-state index in [1.807, 2.05) is 12.1 Å². The topological polar surface area (TPSA) is 48.1 Å². The fourth-order valence-corrected chi connectivity index (χ4v) is 0.968. The Labute approximate surface area is 84.3 Å². The van der Waals surface area contributed by atoms with Gasteiger partial charge >= 0.3 is 0 Å². The zero-order valence-corrected chi connectivity index (χ0v) is 8.07. The highest BCUT2D eigenvalue weighted by Gasteiger charge is 1.94. The lowest BCUT2D eigenvalue weighted by Gasteiger charge is -2.03. The van der Waals surface area contributed by atoms with Crippen LogP contribution in [0.4, 0.5) is 0 Å². The summed E-state index contributed by atoms with van der Waals surface area (Å²) in [6.07, 6.45) is 8.42. The molecular weight excluding hydrogens is 176 g/mol. The third-order valence-electron chi connectivity index (χ3n) is 1.75. The van der Waals surface area contributed by atoms with E-state index in [2.05, 4.69) is 10.9 Å². The van der Waals surface area contributed by atoms with Gasteiger partial charge in [-0.25, -0.2) is 4.98 Å². The van der Waals surface area contributed by atoms with E-state index in [-0.39, 0.29) is 0 Å². The number of pyridine rings is 1. The van der Waals surface area contributed by atoms with E-state index in [1.54, 1.807) is 6.20 Å². The fraction of sp³-hybridized carbons (Fsp3) is 0.364. The van der Waals surface area contributed by atoms with Gasteiger partial charge in [-0.05, 0) is 12.0 Å². The molecule has 0 saturated heterocycles. The van der Waals surface area contributed by atoms with Crippen molar-refractivity contribution < 1.29 is 4.74 Å². The molecule has 1 rings (SSSR count). The molecule has 0 aliphatic rings. The molecule has 0 aliphatic heterocycles. The van der Waals surface area contributed by atoms with E-state index in [1.165, 1.54) is 0 Å². The number of ether oxygens (including phenoxy) is 1. The SMILES string of the molecule is C#CCCCOc1ccc(CN)cn1. The van der Waals surface area contributed by atoms with Gasteiger partial charge in [0.2, 0.25) is 5.88 Å². The normalized spacial score (nSPS) is 9.43. The Kier molecular flexibility index (Phi) is 4.53. The highest BCUT2D eigenvalue weighted by molar-refractivity contribution is 5.17. The molecule has 1 aromatic heterocycles. The molecule has 1 aromatic rings. The number of unbranched alkanes of at least 4 members (excludes halogenated alkanes) is 1. The van der Waals surface area contributed by atoms with Crippen LogP contribution in [0.5, 0.6) is 5.88 Å². The minimum atomic E-state index is 0.504. The summed E-state index contributed by atoms with van der Waals surface area (Å²) in [7, 11) is 0. The summed E-state index contributed by atoms with van der Waals surface area (Å²) >= 11 is 0. The number of nitrogens with two attached hydrogens (primary N) is 1. The molecule has 0 fully saturated rings. The maximum atomic E-state index is 5.44. The Morgan fingerprint density at radius 2 is 2.36 bits per heavy atom. The molecule has 0 atom stereocenters. The van der Waals surface area contributed by atoms with E-state index in [0.29, 0.717) is 19.0 Å². The van der Waals surface area contributed by atoms with Gasteiger partial charge in [-0.15, -0.1) is 12.3 Å². The zero-order chi connectivity index (χ0) is 10.2. The number of terminal acetylenes is 1. The van der Waals surface area contributed by atoms with Crippen molar-refractivity contribution in [1.82, 2.24) is 4.98 Å². The van der Waals surface area contributed by atoms with Crippen LogP contribution in [0.2, 0.25) is 0 Å². The number of hydrogen-bond acceptors (Lipinski definition) is 3. The minimum absolute atomic E-state index is 0.504. The molecule has 0 aromatic carbocycles. The van der Waals surface area contributed by atoms with Crippen LogP contribution in [0.15, 0.2) is 18.3 Å². The summed E-state index contributed by atoms with van der Waals surface area (Å²) in [5.74, 6) is 3.18. The zero-order valence-electron chi connectivity index (χ0n) is 8.07. The molecule has 2 N–H and O–H groups in total. The number of nitrogens with zero attached hydrogens (tertiary/aromatic N) is 1. The van der Waals surface area contributed by atoms with Crippen molar-refractivity contribution in [2.75, 3.05) is 6.61 Å². The third kappa shape index (κ3) is 3.46. The van der Waals surface area contributed by atoms with Gasteiger partial charge in [0.1, 0.15) is 0 Å². The van der Waals surface area contributed by atoms with Gasteiger partial charge in [0, 0.05) is 25.2 Å². The van der Waals surface area contributed by atoms with Gasteiger partial charge in [-0.2, -0.15) is 0 Å². The molecule has 3 nitrogen and oxygen atoms in total. The van der Waals surface area contributed by atoms with Gasteiger partial charge < -0.3 is 10.5 Å². The molecule has 0 aliphatic carbocycles. The molecule has 0 amide bonds. The van der Waals surface area contributed by atoms with Crippen molar-refractivity contribution in [3.05, 3.63) is 23.9 Å². The van der Waals surface area contributed by atoms with Crippen LogP contribution in [-0.4, -0.2) is 11.6 Å². The average Bonchev–Trinajstić information content (AvgIpc) is 2.25. The quantitative estimate of drug-likeness (QED) is 0.563. The standard InChI is InChI=1S/C11H14N2O/c1-2-3-4-7-14-11-6-5-10(8-12)9-13-11/h1,5-6,9H,3-4,7-8,12H2. The van der Waals surface area contributed by atoms with E-state index in [0.717, 1.165) is 18.4 Å². The number of aromatic nitrogens is 1. The van der Waals surface area contributed by atoms with Crippen LogP contribution in [-0.2, 0) is 6.54 Å². The smallest absolute Gasteiger partial charge is 0.213 e. The van der Waals surface area contributed by atoms with Crippen LogP contribution in [0, 0.1) is 12.3 Å². The van der Waals surface area contributed by atoms with Gasteiger partial charge in [-0.1, -0.05) is 6.07 Å². The maximum absolute atomic E-state index is 5.44. The number of hydrogen-bond donors (Lipinski definition) is 1. The molecule has 3 heteroatoms. The molecule has 1 heterocycles. The average molecular weight is 190 g/mol. The Bertz CT molecular complexity index is 300. The Hall–Kier alpha value is -1.53. The Balaban J connectivity index is 2.33. The first-order chi connectivity index (χ1) is 6.86. The van der Waals surface area contributed by atoms with Crippen molar-refractivity contribution in [3.63, 3.8) is 0 Å². The molecule has 14 heavy (non-hydrogen) atoms. The predicted molar refractivity (Wildman–Crippen MR) is 55.7 cm³/mol. The molecule has 0 bridgehead atoms. The summed E-state index contributed by atoms with van der Waals surface area (Å²) in [6, 6.07) is 3.72. The van der Waals surface area contributed by atoms with Crippen molar-refractivity contribution in [3.8, 4) is 18.2 Å². The van der Waals surface area contributed by atoms with Gasteiger partial charge in [-0.3, -0.25) is 0 Å². The molecule has 0 saturated carbocycles. The van der Waals surface area contributed by atoms with Crippen LogP contribution in [0.1, 0.15) is 18.4 Å². The van der Waals surface area contributed by atoms with Crippen LogP contribution < -0.4 is 10.5 Å². The van der Waals surface area contributed by atoms with Crippen LogP contribution in [0.3, 0.4) is 0 Å². The summed E-state index contributed by atoms with van der Waals surface area (Å²) in [5.41, 5.74) is 6.44. The van der Waals surface area contributed by atoms with E-state index >= 15 is 0 Å². The lowest BCUT2D eigenvalue weighted by molar-refractivity contribution is 0.301. The van der Waals surface area contributed by atoms with Crippen LogP contribution in [0.25, 0.3) is 0 Å². The van der Waals surface area contributed by atoms with Crippen LogP contribution >= 0.6 is 0 Å². The second kappa shape index (κ2) is 6.01. The molecule has 0 unspecified atom stereocenters. The van der Waals surface area contributed by atoms with Gasteiger partial charge in [0.25, 0.3) is 0 Å². The summed E-state index contributed by atoms with van der Waals surface area (Å²) in [6.45, 7) is 1.11. The largest absolute Gasteiger partial charge is 0.478 e. The van der Waals surface area contributed by atoms with E-state index in [9.17, 15) is 0 Å². The molecule has 0 radical (unpaired) electrons. The van der Waals surface area contributed by atoms with Gasteiger partial charge in [0.15, 0.2) is 0 Å². The summed E-state index contributed by atoms with van der Waals surface area (Å²) in [4.78, 5) is 4.09. The van der Waals surface area contributed by atoms with Crippen molar-refractivity contribution in [2.45, 2.75) is 19.4 Å². The summed E-state index contributed by atoms with van der Waals surface area (Å²) < 4.78 is 5.36. The van der Waals surface area contributed by atoms with Gasteiger partial charge in [0.05, 0.1) is 6.61 Å². The fourth-order valence-electron chi connectivity index (χ4n) is 0.968. The predicted octanol–water partition coefficient (Wildman–Crippen LogP) is 1.33. The van der Waals surface area contributed by atoms with E-state index in [4.69, 9.17) is 16.9 Å². The lowest BCUT2D eigenvalue weighted by Crippen LogP contribution is -2.00. The summed E-state index contributed by atoms with van der Waals surface area (Å²) in [5, 5.41) is 0.